The van der Waals surface area contributed by atoms with Gasteiger partial charge in [-0.15, -0.1) is 0 Å². The van der Waals surface area contributed by atoms with Crippen molar-refractivity contribution in [3.63, 3.8) is 0 Å². The van der Waals surface area contributed by atoms with Crippen LogP contribution in [0, 0.1) is 0 Å². The van der Waals surface area contributed by atoms with Crippen molar-refractivity contribution in [1.29, 1.82) is 0 Å². The van der Waals surface area contributed by atoms with Gasteiger partial charge in [0.25, 0.3) is 0 Å². The van der Waals surface area contributed by atoms with Gasteiger partial charge in [0.15, 0.2) is 5.65 Å². The fourth-order valence-electron chi connectivity index (χ4n) is 2.95. The van der Waals surface area contributed by atoms with E-state index in [1.54, 1.807) is 6.33 Å². The number of nitrogens with zero attached hydrogens (tertiary/aromatic N) is 5. The molecular formula is C16H18N6. The molecule has 2 N–H and O–H groups in total. The second-order valence-corrected chi connectivity index (χ2v) is 5.65. The molecule has 0 atom stereocenters. The van der Waals surface area contributed by atoms with Crippen molar-refractivity contribution >= 4 is 16.9 Å². The number of hydrogen-bond donors (Lipinski definition) is 1. The van der Waals surface area contributed by atoms with Crippen molar-refractivity contribution in [2.75, 3.05) is 18.0 Å². The van der Waals surface area contributed by atoms with Crippen molar-refractivity contribution in [1.82, 2.24) is 19.7 Å². The van der Waals surface area contributed by atoms with E-state index < -0.39 is 0 Å². The van der Waals surface area contributed by atoms with Gasteiger partial charge in [-0.05, 0) is 25.0 Å². The average Bonchev–Trinajstić information content (AvgIpc) is 3.00. The van der Waals surface area contributed by atoms with Crippen molar-refractivity contribution < 1.29 is 0 Å². The third kappa shape index (κ3) is 2.21. The topological polar surface area (TPSA) is 72.9 Å². The highest BCUT2D eigenvalue weighted by atomic mass is 15.3. The predicted molar refractivity (Wildman–Crippen MR) is 86.1 cm³/mol. The summed E-state index contributed by atoms with van der Waals surface area (Å²) in [5, 5.41) is 5.49. The van der Waals surface area contributed by atoms with Crippen LogP contribution in [-0.2, 0) is 0 Å². The lowest BCUT2D eigenvalue weighted by molar-refractivity contribution is 0.499. The maximum Gasteiger partial charge on any atom is 0.168 e. The van der Waals surface area contributed by atoms with E-state index in [0.29, 0.717) is 6.04 Å². The zero-order valence-corrected chi connectivity index (χ0v) is 12.3. The molecule has 0 amide bonds. The minimum Gasteiger partial charge on any atom is -0.356 e. The first-order valence-electron chi connectivity index (χ1n) is 7.57. The highest BCUT2D eigenvalue weighted by Crippen LogP contribution is 2.26. The zero-order chi connectivity index (χ0) is 14.9. The fourth-order valence-corrected chi connectivity index (χ4v) is 2.95. The lowest BCUT2D eigenvalue weighted by Gasteiger charge is -2.31. The van der Waals surface area contributed by atoms with Crippen molar-refractivity contribution in [2.45, 2.75) is 18.9 Å². The van der Waals surface area contributed by atoms with Crippen LogP contribution in [0.2, 0.25) is 0 Å². The van der Waals surface area contributed by atoms with Crippen LogP contribution in [0.4, 0.5) is 5.82 Å². The maximum absolute atomic E-state index is 5.99. The molecule has 4 rings (SSSR count). The zero-order valence-electron chi connectivity index (χ0n) is 12.3. The van der Waals surface area contributed by atoms with E-state index >= 15 is 0 Å². The third-order valence-electron chi connectivity index (χ3n) is 4.18. The van der Waals surface area contributed by atoms with E-state index in [1.165, 1.54) is 0 Å². The molecule has 2 aromatic heterocycles. The molecule has 22 heavy (non-hydrogen) atoms. The van der Waals surface area contributed by atoms with Crippen LogP contribution in [0.1, 0.15) is 12.8 Å². The Morgan fingerprint density at radius 1 is 1.05 bits per heavy atom. The van der Waals surface area contributed by atoms with Crippen LogP contribution in [0.3, 0.4) is 0 Å². The van der Waals surface area contributed by atoms with E-state index in [4.69, 9.17) is 5.73 Å². The minimum atomic E-state index is 0.306. The molecule has 6 heteroatoms. The summed E-state index contributed by atoms with van der Waals surface area (Å²) in [6.07, 6.45) is 5.47. The van der Waals surface area contributed by atoms with Gasteiger partial charge in [0.1, 0.15) is 12.1 Å². The molecule has 112 valence electrons. The lowest BCUT2D eigenvalue weighted by atomic mass is 10.1. The van der Waals surface area contributed by atoms with Gasteiger partial charge in [0.2, 0.25) is 0 Å². The number of piperidine rings is 1. The monoisotopic (exact) mass is 294 g/mol. The summed E-state index contributed by atoms with van der Waals surface area (Å²) < 4.78 is 1.86. The van der Waals surface area contributed by atoms with E-state index in [2.05, 4.69) is 20.0 Å². The molecule has 1 aliphatic heterocycles. The van der Waals surface area contributed by atoms with Crippen molar-refractivity contribution in [3.05, 3.63) is 42.9 Å². The quantitative estimate of drug-likeness (QED) is 0.779. The Hall–Kier alpha value is -2.47. The average molecular weight is 294 g/mol. The van der Waals surface area contributed by atoms with Crippen LogP contribution in [0.25, 0.3) is 16.7 Å². The van der Waals surface area contributed by atoms with Gasteiger partial charge in [-0.1, -0.05) is 18.2 Å². The maximum atomic E-state index is 5.99. The highest BCUT2D eigenvalue weighted by molar-refractivity contribution is 5.87. The minimum absolute atomic E-state index is 0.306. The summed E-state index contributed by atoms with van der Waals surface area (Å²) in [5.41, 5.74) is 7.83. The fraction of sp³-hybridized carbons (Fsp3) is 0.312. The third-order valence-corrected chi connectivity index (χ3v) is 4.18. The second kappa shape index (κ2) is 5.38. The molecule has 0 radical (unpaired) electrons. The van der Waals surface area contributed by atoms with E-state index in [-0.39, 0.29) is 0 Å². The number of fused-ring (bicyclic) bond motifs is 1. The van der Waals surface area contributed by atoms with Crippen LogP contribution in [-0.4, -0.2) is 38.9 Å². The molecule has 1 aromatic carbocycles. The number of rotatable bonds is 2. The Bertz CT molecular complexity index is 774. The largest absolute Gasteiger partial charge is 0.356 e. The van der Waals surface area contributed by atoms with Gasteiger partial charge in [-0.3, -0.25) is 0 Å². The number of anilines is 1. The van der Waals surface area contributed by atoms with Crippen molar-refractivity contribution in [2.24, 2.45) is 5.73 Å². The summed E-state index contributed by atoms with van der Waals surface area (Å²) in [6.45, 7) is 1.87. The second-order valence-electron chi connectivity index (χ2n) is 5.65. The number of para-hydroxylation sites is 1. The molecule has 0 bridgehead atoms. The Morgan fingerprint density at radius 3 is 2.59 bits per heavy atom. The standard InChI is InChI=1S/C16H18N6/c17-12-6-8-21(9-7-12)15-14-10-20-22(16(14)19-11-18-15)13-4-2-1-3-5-13/h1-5,10-12H,6-9,17H2. The number of aromatic nitrogens is 4. The van der Waals surface area contributed by atoms with E-state index in [1.807, 2.05) is 41.2 Å². The first-order chi connectivity index (χ1) is 10.8. The highest BCUT2D eigenvalue weighted by Gasteiger charge is 2.20. The van der Waals surface area contributed by atoms with Gasteiger partial charge in [-0.2, -0.15) is 5.10 Å². The van der Waals surface area contributed by atoms with Crippen LogP contribution < -0.4 is 10.6 Å². The Kier molecular flexibility index (Phi) is 3.23. The summed E-state index contributed by atoms with van der Waals surface area (Å²) in [5.74, 6) is 0.957. The first-order valence-corrected chi connectivity index (χ1v) is 7.57. The molecule has 0 unspecified atom stereocenters. The number of nitrogens with two attached hydrogens (primary N) is 1. The van der Waals surface area contributed by atoms with Crippen LogP contribution >= 0.6 is 0 Å². The normalized spacial score (nSPS) is 16.3. The molecule has 1 aliphatic rings. The predicted octanol–water partition coefficient (Wildman–Crippen LogP) is 1.74. The summed E-state index contributed by atoms with van der Waals surface area (Å²) in [6, 6.07) is 10.3. The first kappa shape index (κ1) is 13.2. The Morgan fingerprint density at radius 2 is 1.82 bits per heavy atom. The van der Waals surface area contributed by atoms with Gasteiger partial charge >= 0.3 is 0 Å². The molecule has 0 spiro atoms. The SMILES string of the molecule is NC1CCN(c2ncnc3c2cnn3-c2ccccc2)CC1. The van der Waals surface area contributed by atoms with Gasteiger partial charge in [0, 0.05) is 19.1 Å². The molecule has 1 saturated heterocycles. The van der Waals surface area contributed by atoms with Crippen LogP contribution in [0.5, 0.6) is 0 Å². The molecule has 3 aromatic rings. The van der Waals surface area contributed by atoms with Gasteiger partial charge < -0.3 is 10.6 Å². The van der Waals surface area contributed by atoms with Gasteiger partial charge in [-0.25, -0.2) is 14.6 Å². The molecular weight excluding hydrogens is 276 g/mol. The molecule has 3 heterocycles. The van der Waals surface area contributed by atoms with E-state index in [9.17, 15) is 0 Å². The lowest BCUT2D eigenvalue weighted by Crippen LogP contribution is -2.40. The van der Waals surface area contributed by atoms with Crippen molar-refractivity contribution in [3.8, 4) is 5.69 Å². The molecule has 1 fully saturated rings. The summed E-state index contributed by atoms with van der Waals surface area (Å²) in [4.78, 5) is 11.2. The van der Waals surface area contributed by atoms with Crippen LogP contribution in [0.15, 0.2) is 42.9 Å². The van der Waals surface area contributed by atoms with Gasteiger partial charge in [0.05, 0.1) is 17.3 Å². The molecule has 0 saturated carbocycles. The number of hydrogen-bond acceptors (Lipinski definition) is 5. The smallest absolute Gasteiger partial charge is 0.168 e. The Labute approximate surface area is 128 Å². The number of benzene rings is 1. The molecule has 6 nitrogen and oxygen atoms in total. The Balaban J connectivity index is 1.77. The summed E-state index contributed by atoms with van der Waals surface area (Å²) in [7, 11) is 0. The summed E-state index contributed by atoms with van der Waals surface area (Å²) >= 11 is 0. The molecule has 0 aliphatic carbocycles. The van der Waals surface area contributed by atoms with E-state index in [0.717, 1.165) is 48.5 Å².